The van der Waals surface area contributed by atoms with Gasteiger partial charge in [0.25, 0.3) is 0 Å². The van der Waals surface area contributed by atoms with Crippen molar-refractivity contribution in [2.75, 3.05) is 6.61 Å². The van der Waals surface area contributed by atoms with Crippen LogP contribution in [-0.4, -0.2) is 32.7 Å². The maximum atomic E-state index is 11.3. The number of phenolic OH excluding ortho intramolecular Hbond substituents is 1. The van der Waals surface area contributed by atoms with Crippen molar-refractivity contribution in [1.29, 1.82) is 0 Å². The van der Waals surface area contributed by atoms with E-state index in [-0.39, 0.29) is 11.7 Å². The topological polar surface area (TPSA) is 77.2 Å². The molecule has 0 spiro atoms. The summed E-state index contributed by atoms with van der Waals surface area (Å²) in [7, 11) is 0. The molecule has 7 heteroatoms. The van der Waals surface area contributed by atoms with Gasteiger partial charge in [0, 0.05) is 10.6 Å². The number of aromatic hydroxyl groups is 1. The Morgan fingerprint density at radius 3 is 2.74 bits per heavy atom. The van der Waals surface area contributed by atoms with E-state index in [1.807, 2.05) is 12.1 Å². The second-order valence-corrected chi connectivity index (χ2v) is 6.76. The molecule has 0 unspecified atom stereocenters. The number of esters is 1. The molecule has 140 valence electrons. The predicted octanol–water partition coefficient (Wildman–Crippen LogP) is 4.22. The zero-order valence-corrected chi connectivity index (χ0v) is 15.7. The van der Waals surface area contributed by atoms with Gasteiger partial charge in [-0.3, -0.25) is 0 Å². The molecule has 3 aromatic rings. The number of fused-ring (bicyclic) bond motifs is 1. The van der Waals surface area contributed by atoms with E-state index in [4.69, 9.17) is 16.3 Å². The van der Waals surface area contributed by atoms with Crippen LogP contribution >= 0.6 is 11.6 Å². The fourth-order valence-electron chi connectivity index (χ4n) is 2.60. The molecular weight excluding hydrogens is 366 g/mol. The molecule has 0 amide bonds. The molecule has 0 radical (unpaired) electrons. The average molecular weight is 386 g/mol. The minimum atomic E-state index is -0.362. The minimum absolute atomic E-state index is 0.0977. The van der Waals surface area contributed by atoms with Crippen molar-refractivity contribution in [2.45, 2.75) is 26.2 Å². The average Bonchev–Trinajstić information content (AvgIpc) is 3.05. The summed E-state index contributed by atoms with van der Waals surface area (Å²) in [6, 6.07) is 10.6. The number of carbonyl (C=O) groups is 1. The fourth-order valence-corrected chi connectivity index (χ4v) is 2.77. The number of nitrogens with zero attached hydrogens (tertiary/aromatic N) is 3. The van der Waals surface area contributed by atoms with Gasteiger partial charge >= 0.3 is 5.97 Å². The number of halogens is 1. The number of unbranched alkanes of at least 4 members (excludes halogenated alkanes) is 1. The van der Waals surface area contributed by atoms with Gasteiger partial charge in [-0.15, -0.1) is 15.0 Å². The van der Waals surface area contributed by atoms with Crippen LogP contribution in [0.25, 0.3) is 16.7 Å². The van der Waals surface area contributed by atoms with Gasteiger partial charge < -0.3 is 9.84 Å². The van der Waals surface area contributed by atoms with E-state index in [0.717, 1.165) is 24.8 Å². The molecule has 6 nitrogen and oxygen atoms in total. The first-order chi connectivity index (χ1) is 12.9. The number of hydrogen-bond donors (Lipinski definition) is 1. The number of aromatic nitrogens is 3. The van der Waals surface area contributed by atoms with E-state index in [2.05, 4.69) is 16.8 Å². The van der Waals surface area contributed by atoms with Crippen molar-refractivity contribution in [1.82, 2.24) is 15.0 Å². The smallest absolute Gasteiger partial charge is 0.333 e. The van der Waals surface area contributed by atoms with Gasteiger partial charge in [-0.05, 0) is 62.1 Å². The Balaban J connectivity index is 1.67. The number of carbonyl (C=O) groups excluding carboxylic acids is 1. The molecule has 1 heterocycles. The van der Waals surface area contributed by atoms with Crippen molar-refractivity contribution in [3.63, 3.8) is 0 Å². The zero-order valence-electron chi connectivity index (χ0n) is 15.0. The Kier molecular flexibility index (Phi) is 5.76. The summed E-state index contributed by atoms with van der Waals surface area (Å²) in [6.45, 7) is 5.54. The first-order valence-corrected chi connectivity index (χ1v) is 8.99. The number of aryl methyl sites for hydroxylation is 1. The van der Waals surface area contributed by atoms with E-state index in [1.54, 1.807) is 31.2 Å². The monoisotopic (exact) mass is 385 g/mol. The van der Waals surface area contributed by atoms with E-state index >= 15 is 0 Å². The first kappa shape index (κ1) is 18.9. The molecule has 0 aliphatic heterocycles. The third kappa shape index (κ3) is 4.65. The van der Waals surface area contributed by atoms with Gasteiger partial charge in [0.2, 0.25) is 0 Å². The highest BCUT2D eigenvalue weighted by Gasteiger charge is 2.10. The van der Waals surface area contributed by atoms with Crippen LogP contribution in [0.2, 0.25) is 5.02 Å². The van der Waals surface area contributed by atoms with Crippen LogP contribution in [0.15, 0.2) is 48.6 Å². The number of benzene rings is 2. The summed E-state index contributed by atoms with van der Waals surface area (Å²) in [5.74, 6) is -0.264. The minimum Gasteiger partial charge on any atom is -0.506 e. The van der Waals surface area contributed by atoms with Gasteiger partial charge in [-0.2, -0.15) is 0 Å². The van der Waals surface area contributed by atoms with Crippen molar-refractivity contribution >= 4 is 28.6 Å². The SMILES string of the molecule is C=C(C)C(=O)OCCCCc1ccc(O)c(-n2nc3ccc(Cl)cc3n2)c1. The second kappa shape index (κ2) is 8.22. The van der Waals surface area contributed by atoms with Crippen LogP contribution in [0.3, 0.4) is 0 Å². The lowest BCUT2D eigenvalue weighted by atomic mass is 10.1. The summed E-state index contributed by atoms with van der Waals surface area (Å²) in [5.41, 5.74) is 3.30. The zero-order chi connectivity index (χ0) is 19.4. The largest absolute Gasteiger partial charge is 0.506 e. The molecule has 0 aliphatic carbocycles. The van der Waals surface area contributed by atoms with Crippen LogP contribution < -0.4 is 0 Å². The number of rotatable bonds is 7. The van der Waals surface area contributed by atoms with E-state index in [0.29, 0.717) is 33.9 Å². The van der Waals surface area contributed by atoms with Crippen LogP contribution in [0.5, 0.6) is 5.75 Å². The third-order valence-electron chi connectivity index (χ3n) is 4.04. The maximum absolute atomic E-state index is 11.3. The fraction of sp³-hybridized carbons (Fsp3) is 0.250. The summed E-state index contributed by atoms with van der Waals surface area (Å²) >= 11 is 5.99. The highest BCUT2D eigenvalue weighted by atomic mass is 35.5. The Labute approximate surface area is 162 Å². The van der Waals surface area contributed by atoms with Crippen LogP contribution in [0.1, 0.15) is 25.3 Å². The predicted molar refractivity (Wildman–Crippen MR) is 104 cm³/mol. The summed E-state index contributed by atoms with van der Waals surface area (Å²) in [4.78, 5) is 12.7. The third-order valence-corrected chi connectivity index (χ3v) is 4.27. The van der Waals surface area contributed by atoms with Gasteiger partial charge in [0.15, 0.2) is 0 Å². The highest BCUT2D eigenvalue weighted by molar-refractivity contribution is 6.31. The standard InChI is InChI=1S/C20H20ClN3O3/c1-13(2)20(26)27-10-4-3-5-14-6-9-19(25)18(11-14)24-22-16-8-7-15(21)12-17(16)23-24/h6-9,11-12,25H,1,3-5,10H2,2H3. The van der Waals surface area contributed by atoms with Crippen molar-refractivity contribution in [2.24, 2.45) is 0 Å². The van der Waals surface area contributed by atoms with Crippen LogP contribution in [-0.2, 0) is 16.0 Å². The molecule has 2 aromatic carbocycles. The lowest BCUT2D eigenvalue weighted by molar-refractivity contribution is -0.139. The molecule has 0 aliphatic rings. The molecule has 3 rings (SSSR count). The van der Waals surface area contributed by atoms with Crippen molar-refractivity contribution < 1.29 is 14.6 Å². The lowest BCUT2D eigenvalue weighted by Crippen LogP contribution is -2.06. The number of ether oxygens (including phenoxy) is 1. The Morgan fingerprint density at radius 1 is 1.19 bits per heavy atom. The van der Waals surface area contributed by atoms with E-state index < -0.39 is 0 Å². The normalized spacial score (nSPS) is 10.9. The molecule has 0 atom stereocenters. The summed E-state index contributed by atoms with van der Waals surface area (Å²) in [6.07, 6.45) is 2.37. The number of phenols is 1. The van der Waals surface area contributed by atoms with Crippen molar-refractivity contribution in [3.05, 3.63) is 59.1 Å². The molecule has 0 bridgehead atoms. The Bertz CT molecular complexity index is 997. The van der Waals surface area contributed by atoms with Crippen molar-refractivity contribution in [3.8, 4) is 11.4 Å². The molecule has 0 fully saturated rings. The molecule has 0 saturated carbocycles. The molecular formula is C20H20ClN3O3. The lowest BCUT2D eigenvalue weighted by Gasteiger charge is -2.07. The van der Waals surface area contributed by atoms with Gasteiger partial charge in [-0.1, -0.05) is 24.2 Å². The van der Waals surface area contributed by atoms with Gasteiger partial charge in [-0.25, -0.2) is 4.79 Å². The van der Waals surface area contributed by atoms with Crippen LogP contribution in [0.4, 0.5) is 0 Å². The second-order valence-electron chi connectivity index (χ2n) is 6.32. The molecule has 1 N–H and O–H groups in total. The first-order valence-electron chi connectivity index (χ1n) is 8.61. The van der Waals surface area contributed by atoms with Gasteiger partial charge in [0.1, 0.15) is 22.5 Å². The van der Waals surface area contributed by atoms with Crippen LogP contribution in [0, 0.1) is 0 Å². The van der Waals surface area contributed by atoms with E-state index in [9.17, 15) is 9.90 Å². The quantitative estimate of drug-likeness (QED) is 0.374. The molecule has 0 saturated heterocycles. The highest BCUT2D eigenvalue weighted by Crippen LogP contribution is 2.24. The molecule has 27 heavy (non-hydrogen) atoms. The van der Waals surface area contributed by atoms with Gasteiger partial charge in [0.05, 0.1) is 6.61 Å². The van der Waals surface area contributed by atoms with E-state index in [1.165, 1.54) is 4.80 Å². The summed E-state index contributed by atoms with van der Waals surface area (Å²) in [5, 5.41) is 19.6. The summed E-state index contributed by atoms with van der Waals surface area (Å²) < 4.78 is 5.08. The Morgan fingerprint density at radius 2 is 1.96 bits per heavy atom. The molecule has 1 aromatic heterocycles. The Hall–Kier alpha value is -2.86. The maximum Gasteiger partial charge on any atom is 0.333 e. The number of hydrogen-bond acceptors (Lipinski definition) is 5.